The molecule has 1 saturated heterocycles. The van der Waals surface area contributed by atoms with E-state index >= 15 is 0 Å². The van der Waals surface area contributed by atoms with Gasteiger partial charge in [0.1, 0.15) is 18.0 Å². The maximum Gasteiger partial charge on any atom is 0.335 e. The molecule has 0 spiro atoms. The van der Waals surface area contributed by atoms with Crippen molar-refractivity contribution in [3.8, 4) is 11.5 Å². The van der Waals surface area contributed by atoms with E-state index in [4.69, 9.17) is 21.1 Å². The molecule has 3 aromatic carbocycles. The molecule has 184 valence electrons. The number of carbonyl (C=O) groups excluding carboxylic acids is 3. The first-order valence-corrected chi connectivity index (χ1v) is 11.9. The smallest absolute Gasteiger partial charge is 0.335 e. The third kappa shape index (κ3) is 5.58. The molecule has 1 fully saturated rings. The number of amides is 4. The Kier molecular flexibility index (Phi) is 7.71. The highest BCUT2D eigenvalue weighted by Crippen LogP contribution is 2.38. The Morgan fingerprint density at radius 1 is 1.06 bits per heavy atom. The second kappa shape index (κ2) is 10.9. The number of nitrogens with zero attached hydrogens (tertiary/aromatic N) is 1. The summed E-state index contributed by atoms with van der Waals surface area (Å²) in [6.45, 7) is 2.29. The van der Waals surface area contributed by atoms with Crippen molar-refractivity contribution >= 4 is 57.1 Å². The number of benzene rings is 3. The van der Waals surface area contributed by atoms with E-state index in [2.05, 4.69) is 21.2 Å². The first kappa shape index (κ1) is 25.4. The van der Waals surface area contributed by atoms with Crippen LogP contribution in [0.25, 0.3) is 6.08 Å². The Labute approximate surface area is 219 Å². The van der Waals surface area contributed by atoms with Gasteiger partial charge in [0.15, 0.2) is 11.5 Å². The highest BCUT2D eigenvalue weighted by molar-refractivity contribution is 9.10. The number of hydrogen-bond acceptors (Lipinski definition) is 5. The molecule has 1 heterocycles. The number of urea groups is 1. The van der Waals surface area contributed by atoms with E-state index in [-0.39, 0.29) is 23.7 Å². The SMILES string of the molecule is CCOc1cc(/C=C2\C(=O)NC(=O)N(c3cccc(Cl)c3)C2=O)cc(Br)c1OCc1ccc(F)cc1. The molecule has 4 rings (SSSR count). The van der Waals surface area contributed by atoms with Crippen LogP contribution in [0.4, 0.5) is 14.9 Å². The van der Waals surface area contributed by atoms with E-state index < -0.39 is 17.8 Å². The summed E-state index contributed by atoms with van der Waals surface area (Å²) in [5.41, 5.74) is 1.19. The third-order valence-electron chi connectivity index (χ3n) is 5.11. The average Bonchev–Trinajstić information content (AvgIpc) is 2.82. The first-order valence-electron chi connectivity index (χ1n) is 10.8. The van der Waals surface area contributed by atoms with Crippen LogP contribution in [0.1, 0.15) is 18.1 Å². The predicted octanol–water partition coefficient (Wildman–Crippen LogP) is 5.89. The van der Waals surface area contributed by atoms with Crippen molar-refractivity contribution in [3.63, 3.8) is 0 Å². The highest BCUT2D eigenvalue weighted by Gasteiger charge is 2.37. The van der Waals surface area contributed by atoms with E-state index in [0.29, 0.717) is 33.2 Å². The summed E-state index contributed by atoms with van der Waals surface area (Å²) >= 11 is 9.46. The number of barbiturate groups is 1. The third-order valence-corrected chi connectivity index (χ3v) is 5.93. The summed E-state index contributed by atoms with van der Waals surface area (Å²) in [6.07, 6.45) is 1.36. The van der Waals surface area contributed by atoms with E-state index in [0.717, 1.165) is 10.5 Å². The van der Waals surface area contributed by atoms with Crippen molar-refractivity contribution in [1.29, 1.82) is 0 Å². The van der Waals surface area contributed by atoms with Gasteiger partial charge in [0.25, 0.3) is 11.8 Å². The minimum atomic E-state index is -0.870. The molecule has 36 heavy (non-hydrogen) atoms. The largest absolute Gasteiger partial charge is 0.490 e. The summed E-state index contributed by atoms with van der Waals surface area (Å²) in [5, 5.41) is 2.51. The van der Waals surface area contributed by atoms with Crippen molar-refractivity contribution in [2.75, 3.05) is 11.5 Å². The predicted molar refractivity (Wildman–Crippen MR) is 136 cm³/mol. The zero-order chi connectivity index (χ0) is 25.8. The van der Waals surface area contributed by atoms with Gasteiger partial charge in [-0.05, 0) is 82.5 Å². The van der Waals surface area contributed by atoms with Crippen LogP contribution in [0.5, 0.6) is 11.5 Å². The first-order chi connectivity index (χ1) is 17.3. The number of anilines is 1. The molecule has 7 nitrogen and oxygen atoms in total. The van der Waals surface area contributed by atoms with Crippen LogP contribution in [0.3, 0.4) is 0 Å². The number of rotatable bonds is 7. The number of hydrogen-bond donors (Lipinski definition) is 1. The lowest BCUT2D eigenvalue weighted by Crippen LogP contribution is -2.54. The van der Waals surface area contributed by atoms with Crippen LogP contribution in [0.2, 0.25) is 5.02 Å². The van der Waals surface area contributed by atoms with Gasteiger partial charge in [-0.1, -0.05) is 29.8 Å². The lowest BCUT2D eigenvalue weighted by molar-refractivity contribution is -0.122. The molecule has 10 heteroatoms. The number of nitrogens with one attached hydrogen (secondary N) is 1. The van der Waals surface area contributed by atoms with Crippen molar-refractivity contribution in [1.82, 2.24) is 5.32 Å². The van der Waals surface area contributed by atoms with Crippen LogP contribution in [-0.4, -0.2) is 24.5 Å². The van der Waals surface area contributed by atoms with Gasteiger partial charge in [0, 0.05) is 5.02 Å². The maximum absolute atomic E-state index is 13.2. The fourth-order valence-electron chi connectivity index (χ4n) is 3.48. The second-order valence-corrected chi connectivity index (χ2v) is 8.91. The minimum absolute atomic E-state index is 0.164. The van der Waals surface area contributed by atoms with E-state index in [1.54, 1.807) is 43.3 Å². The molecule has 0 atom stereocenters. The Balaban J connectivity index is 1.66. The van der Waals surface area contributed by atoms with Crippen molar-refractivity contribution in [3.05, 3.63) is 92.7 Å². The monoisotopic (exact) mass is 572 g/mol. The molecule has 1 aliphatic heterocycles. The number of halogens is 3. The number of ether oxygens (including phenoxy) is 2. The van der Waals surface area contributed by atoms with Gasteiger partial charge in [-0.2, -0.15) is 0 Å². The van der Waals surface area contributed by atoms with Gasteiger partial charge in [-0.15, -0.1) is 0 Å². The second-order valence-electron chi connectivity index (χ2n) is 7.62. The molecule has 0 unspecified atom stereocenters. The fourth-order valence-corrected chi connectivity index (χ4v) is 4.24. The maximum atomic E-state index is 13.2. The van der Waals surface area contributed by atoms with Crippen LogP contribution in [0, 0.1) is 5.82 Å². The summed E-state index contributed by atoms with van der Waals surface area (Å²) < 4.78 is 25.3. The van der Waals surface area contributed by atoms with Gasteiger partial charge in [-0.25, -0.2) is 14.1 Å². The lowest BCUT2D eigenvalue weighted by Gasteiger charge is -2.26. The molecular weight excluding hydrogens is 555 g/mol. The summed E-state index contributed by atoms with van der Waals surface area (Å²) in [5.74, 6) is -1.19. The topological polar surface area (TPSA) is 84.9 Å². The van der Waals surface area contributed by atoms with Gasteiger partial charge < -0.3 is 9.47 Å². The molecule has 0 bridgehead atoms. The van der Waals surface area contributed by atoms with Crippen LogP contribution in [-0.2, 0) is 16.2 Å². The van der Waals surface area contributed by atoms with Crippen LogP contribution >= 0.6 is 27.5 Å². The van der Waals surface area contributed by atoms with Crippen LogP contribution in [0.15, 0.2) is 70.7 Å². The molecule has 0 aromatic heterocycles. The van der Waals surface area contributed by atoms with E-state index in [9.17, 15) is 18.8 Å². The molecule has 0 saturated carbocycles. The highest BCUT2D eigenvalue weighted by atomic mass is 79.9. The summed E-state index contributed by atoms with van der Waals surface area (Å²) in [4.78, 5) is 38.9. The minimum Gasteiger partial charge on any atom is -0.490 e. The molecular formula is C26H19BrClFN2O5. The zero-order valence-electron chi connectivity index (χ0n) is 18.9. The van der Waals surface area contributed by atoms with Gasteiger partial charge >= 0.3 is 6.03 Å². The van der Waals surface area contributed by atoms with Crippen molar-refractivity contribution in [2.24, 2.45) is 0 Å². The Bertz CT molecular complexity index is 1380. The van der Waals surface area contributed by atoms with Gasteiger partial charge in [0.2, 0.25) is 0 Å². The van der Waals surface area contributed by atoms with Crippen LogP contribution < -0.4 is 19.7 Å². The molecule has 1 aliphatic rings. The summed E-state index contributed by atoms with van der Waals surface area (Å²) in [6, 6.07) is 14.5. The Morgan fingerprint density at radius 2 is 1.81 bits per heavy atom. The van der Waals surface area contributed by atoms with Crippen molar-refractivity contribution < 1.29 is 28.2 Å². The van der Waals surface area contributed by atoms with Gasteiger partial charge in [0.05, 0.1) is 16.8 Å². The van der Waals surface area contributed by atoms with Crippen molar-refractivity contribution in [2.45, 2.75) is 13.5 Å². The van der Waals surface area contributed by atoms with E-state index in [1.165, 1.54) is 30.3 Å². The fraction of sp³-hybridized carbons (Fsp3) is 0.115. The quantitative estimate of drug-likeness (QED) is 0.282. The number of imide groups is 2. The van der Waals surface area contributed by atoms with E-state index in [1.807, 2.05) is 0 Å². The van der Waals surface area contributed by atoms with Gasteiger partial charge in [-0.3, -0.25) is 14.9 Å². The average molecular weight is 574 g/mol. The Morgan fingerprint density at radius 3 is 2.50 bits per heavy atom. The number of carbonyl (C=O) groups is 3. The molecule has 4 amide bonds. The summed E-state index contributed by atoms with van der Waals surface area (Å²) in [7, 11) is 0. The lowest BCUT2D eigenvalue weighted by atomic mass is 10.1. The molecule has 0 radical (unpaired) electrons. The molecule has 1 N–H and O–H groups in total. The Hall–Kier alpha value is -3.69. The molecule has 0 aliphatic carbocycles. The standard InChI is InChI=1S/C26H19BrClFN2O5/c1-2-35-22-12-16(11-21(27)23(22)36-14-15-6-8-18(29)9-7-15)10-20-24(32)30-26(34)31(25(20)33)19-5-3-4-17(28)13-19/h3-13H,2,14H2,1H3,(H,30,32,34)/b20-10+. The normalized spacial score (nSPS) is 14.7. The molecule has 3 aromatic rings. The zero-order valence-corrected chi connectivity index (χ0v) is 21.2.